The van der Waals surface area contributed by atoms with Gasteiger partial charge < -0.3 is 20.0 Å². The molecule has 3 atom stereocenters. The molecule has 1 aromatic rings. The van der Waals surface area contributed by atoms with Crippen molar-refractivity contribution >= 4 is 12.1 Å². The first-order chi connectivity index (χ1) is 15.1. The molecule has 0 saturated carbocycles. The van der Waals surface area contributed by atoms with Gasteiger partial charge in [-0.3, -0.25) is 9.80 Å². The van der Waals surface area contributed by atoms with Crippen LogP contribution < -0.4 is 5.32 Å². The van der Waals surface area contributed by atoms with Crippen molar-refractivity contribution in [3.63, 3.8) is 0 Å². The summed E-state index contributed by atoms with van der Waals surface area (Å²) in [6, 6.07) is 9.05. The molecular weight excluding hydrogens is 392 g/mol. The zero-order valence-corrected chi connectivity index (χ0v) is 17.9. The van der Waals surface area contributed by atoms with Crippen LogP contribution in [-0.4, -0.2) is 83.6 Å². The Balaban J connectivity index is 1.32. The second-order valence-corrected chi connectivity index (χ2v) is 9.34. The van der Waals surface area contributed by atoms with E-state index < -0.39 is 5.54 Å². The van der Waals surface area contributed by atoms with Crippen LogP contribution in [-0.2, 0) is 22.5 Å². The van der Waals surface area contributed by atoms with E-state index in [2.05, 4.69) is 44.4 Å². The molecule has 0 radical (unpaired) electrons. The van der Waals surface area contributed by atoms with Crippen LogP contribution in [0.4, 0.5) is 0 Å². The number of aldehydes is 1. The molecule has 2 N–H and O–H groups in total. The van der Waals surface area contributed by atoms with Crippen LogP contribution >= 0.6 is 0 Å². The van der Waals surface area contributed by atoms with Crippen LogP contribution in [0.25, 0.3) is 0 Å². The summed E-state index contributed by atoms with van der Waals surface area (Å²) in [5.41, 5.74) is 2.11. The van der Waals surface area contributed by atoms with Gasteiger partial charge in [0.15, 0.2) is 0 Å². The highest BCUT2D eigenvalue weighted by Gasteiger charge is 2.44. The van der Waals surface area contributed by atoms with Gasteiger partial charge in [-0.15, -0.1) is 0 Å². The number of amidine groups is 1. The van der Waals surface area contributed by atoms with Crippen LogP contribution in [0.2, 0.25) is 0 Å². The number of carbonyl (C=O) groups excluding carboxylic acids is 1. The molecule has 0 aliphatic carbocycles. The lowest BCUT2D eigenvalue weighted by Crippen LogP contribution is -2.62. The molecule has 4 aliphatic heterocycles. The Bertz CT molecular complexity index is 868. The lowest BCUT2D eigenvalue weighted by atomic mass is 9.85. The number of hydrogen-bond acceptors (Lipinski definition) is 7. The standard InChI is InChI=1S/C24H32N4O3/c29-17-24(7-8-25-23(12-24)26-20-15-31-16-20)28-10-6-22(30)11-21(28)14-27-9-5-18-3-1-2-4-19(18)13-27/h1-4,7-8,17,20-22,30H,5-6,9-16H2,(H,25,26). The quantitative estimate of drug-likeness (QED) is 0.690. The minimum absolute atomic E-state index is 0.121. The summed E-state index contributed by atoms with van der Waals surface area (Å²) >= 11 is 0. The minimum atomic E-state index is -0.715. The Morgan fingerprint density at radius 1 is 1.26 bits per heavy atom. The van der Waals surface area contributed by atoms with Gasteiger partial charge in [0, 0.05) is 44.8 Å². The normalized spacial score (nSPS) is 32.1. The van der Waals surface area contributed by atoms with Crippen molar-refractivity contribution in [1.29, 1.82) is 0 Å². The molecule has 5 rings (SSSR count). The maximum atomic E-state index is 12.5. The van der Waals surface area contributed by atoms with Gasteiger partial charge in [0.2, 0.25) is 0 Å². The summed E-state index contributed by atoms with van der Waals surface area (Å²) in [7, 11) is 0. The summed E-state index contributed by atoms with van der Waals surface area (Å²) in [4.78, 5) is 21.8. The van der Waals surface area contributed by atoms with Crippen molar-refractivity contribution in [1.82, 2.24) is 15.1 Å². The van der Waals surface area contributed by atoms with E-state index >= 15 is 0 Å². The van der Waals surface area contributed by atoms with Crippen molar-refractivity contribution in [3.05, 3.63) is 47.7 Å². The molecular formula is C24H32N4O3. The van der Waals surface area contributed by atoms with E-state index in [0.717, 1.165) is 38.2 Å². The van der Waals surface area contributed by atoms with Gasteiger partial charge in [-0.2, -0.15) is 0 Å². The second kappa shape index (κ2) is 8.82. The number of aliphatic hydroxyl groups excluding tert-OH is 1. The van der Waals surface area contributed by atoms with Crippen LogP contribution in [0.1, 0.15) is 30.4 Å². The SMILES string of the molecule is O=CC1(N2CCC(O)CC2CN2CCc3ccccc3C2)C=CN=C(NC2COC2)C1. The first kappa shape index (κ1) is 20.8. The molecule has 0 aromatic heterocycles. The van der Waals surface area contributed by atoms with Gasteiger partial charge in [-0.1, -0.05) is 24.3 Å². The number of hydrogen-bond donors (Lipinski definition) is 2. The molecule has 166 valence electrons. The van der Waals surface area contributed by atoms with E-state index in [1.165, 1.54) is 11.1 Å². The predicted octanol–water partition coefficient (Wildman–Crippen LogP) is 1.11. The molecule has 4 heterocycles. The van der Waals surface area contributed by atoms with E-state index in [0.29, 0.717) is 39.0 Å². The van der Waals surface area contributed by atoms with E-state index in [1.807, 2.05) is 6.08 Å². The fourth-order valence-electron chi connectivity index (χ4n) is 5.38. The highest BCUT2D eigenvalue weighted by molar-refractivity contribution is 5.90. The molecule has 0 amide bonds. The molecule has 7 heteroatoms. The first-order valence-electron chi connectivity index (χ1n) is 11.4. The van der Waals surface area contributed by atoms with Gasteiger partial charge in [0.25, 0.3) is 0 Å². The number of aliphatic hydroxyl groups is 1. The average molecular weight is 425 g/mol. The topological polar surface area (TPSA) is 77.4 Å². The number of ether oxygens (including phenoxy) is 1. The summed E-state index contributed by atoms with van der Waals surface area (Å²) in [6.07, 6.45) is 7.45. The third-order valence-electron chi connectivity index (χ3n) is 7.16. The van der Waals surface area contributed by atoms with Gasteiger partial charge in [-0.05, 0) is 36.5 Å². The zero-order chi connectivity index (χ0) is 21.3. The van der Waals surface area contributed by atoms with Gasteiger partial charge in [0.05, 0.1) is 25.4 Å². The van der Waals surface area contributed by atoms with Crippen LogP contribution in [0.15, 0.2) is 41.5 Å². The Kier molecular flexibility index (Phi) is 5.93. The molecule has 0 spiro atoms. The number of piperidine rings is 1. The molecule has 7 nitrogen and oxygen atoms in total. The number of rotatable bonds is 5. The average Bonchev–Trinajstić information content (AvgIpc) is 2.76. The van der Waals surface area contributed by atoms with E-state index in [4.69, 9.17) is 4.74 Å². The largest absolute Gasteiger partial charge is 0.393 e. The number of aliphatic imine (C=N–C) groups is 1. The summed E-state index contributed by atoms with van der Waals surface area (Å²) < 4.78 is 5.26. The highest BCUT2D eigenvalue weighted by atomic mass is 16.5. The highest BCUT2D eigenvalue weighted by Crippen LogP contribution is 2.32. The lowest BCUT2D eigenvalue weighted by Gasteiger charge is -2.49. The molecule has 0 bridgehead atoms. The molecule has 2 saturated heterocycles. The monoisotopic (exact) mass is 424 g/mol. The number of nitrogens with zero attached hydrogens (tertiary/aromatic N) is 3. The van der Waals surface area contributed by atoms with Crippen molar-refractivity contribution in [2.45, 2.75) is 56.0 Å². The first-order valence-corrected chi connectivity index (χ1v) is 11.4. The van der Waals surface area contributed by atoms with Gasteiger partial charge >= 0.3 is 0 Å². The van der Waals surface area contributed by atoms with Crippen molar-refractivity contribution in [2.24, 2.45) is 4.99 Å². The van der Waals surface area contributed by atoms with Crippen molar-refractivity contribution in [3.8, 4) is 0 Å². The second-order valence-electron chi connectivity index (χ2n) is 9.34. The van der Waals surface area contributed by atoms with Gasteiger partial charge in [-0.25, -0.2) is 4.99 Å². The summed E-state index contributed by atoms with van der Waals surface area (Å²) in [5, 5.41) is 13.9. The smallest absolute Gasteiger partial charge is 0.144 e. The molecule has 3 unspecified atom stereocenters. The number of carbonyl (C=O) groups is 1. The lowest BCUT2D eigenvalue weighted by molar-refractivity contribution is -0.120. The summed E-state index contributed by atoms with van der Waals surface area (Å²) in [6.45, 7) is 4.87. The van der Waals surface area contributed by atoms with Crippen LogP contribution in [0, 0.1) is 0 Å². The predicted molar refractivity (Wildman–Crippen MR) is 119 cm³/mol. The van der Waals surface area contributed by atoms with E-state index in [1.54, 1.807) is 6.20 Å². The van der Waals surface area contributed by atoms with Crippen LogP contribution in [0.5, 0.6) is 0 Å². The number of fused-ring (bicyclic) bond motifs is 1. The third kappa shape index (κ3) is 4.32. The molecule has 2 fully saturated rings. The Morgan fingerprint density at radius 2 is 2.10 bits per heavy atom. The molecule has 1 aromatic carbocycles. The molecule has 31 heavy (non-hydrogen) atoms. The third-order valence-corrected chi connectivity index (χ3v) is 7.16. The Hall–Kier alpha value is -2.06. The Labute approximate surface area is 183 Å². The zero-order valence-electron chi connectivity index (χ0n) is 17.9. The van der Waals surface area contributed by atoms with Crippen LogP contribution in [0.3, 0.4) is 0 Å². The number of nitrogens with one attached hydrogen (secondary N) is 1. The minimum Gasteiger partial charge on any atom is -0.393 e. The van der Waals surface area contributed by atoms with E-state index in [9.17, 15) is 9.90 Å². The number of likely N-dealkylation sites (tertiary alicyclic amines) is 1. The molecule has 4 aliphatic rings. The summed E-state index contributed by atoms with van der Waals surface area (Å²) in [5.74, 6) is 0.847. The fraction of sp³-hybridized carbons (Fsp3) is 0.583. The maximum Gasteiger partial charge on any atom is 0.144 e. The van der Waals surface area contributed by atoms with Crippen molar-refractivity contribution < 1.29 is 14.6 Å². The maximum absolute atomic E-state index is 12.5. The number of benzene rings is 1. The van der Waals surface area contributed by atoms with Crippen molar-refractivity contribution in [2.75, 3.05) is 32.8 Å². The van der Waals surface area contributed by atoms with Gasteiger partial charge in [0.1, 0.15) is 17.7 Å². The van der Waals surface area contributed by atoms with E-state index in [-0.39, 0.29) is 18.2 Å². The fourth-order valence-corrected chi connectivity index (χ4v) is 5.38. The Morgan fingerprint density at radius 3 is 2.87 bits per heavy atom.